The SMILES string of the molecule is CCNCC1(OCC2CCCCC2)CCC(C(C)C)CC1. The highest BCUT2D eigenvalue weighted by Gasteiger charge is 2.37. The Bertz CT molecular complexity index is 275. The van der Waals surface area contributed by atoms with Crippen LogP contribution in [-0.4, -0.2) is 25.3 Å². The van der Waals surface area contributed by atoms with E-state index in [2.05, 4.69) is 26.1 Å². The third kappa shape index (κ3) is 5.25. The maximum atomic E-state index is 6.58. The smallest absolute Gasteiger partial charge is 0.0806 e. The lowest BCUT2D eigenvalue weighted by Gasteiger charge is -2.42. The van der Waals surface area contributed by atoms with Gasteiger partial charge in [0.25, 0.3) is 0 Å². The summed E-state index contributed by atoms with van der Waals surface area (Å²) in [5.74, 6) is 2.58. The topological polar surface area (TPSA) is 21.3 Å². The number of nitrogens with one attached hydrogen (secondary N) is 1. The molecule has 2 aliphatic carbocycles. The summed E-state index contributed by atoms with van der Waals surface area (Å²) >= 11 is 0. The van der Waals surface area contributed by atoms with E-state index in [4.69, 9.17) is 4.74 Å². The molecule has 2 nitrogen and oxygen atoms in total. The van der Waals surface area contributed by atoms with Gasteiger partial charge in [0.2, 0.25) is 0 Å². The molecule has 1 N–H and O–H groups in total. The summed E-state index contributed by atoms with van der Waals surface area (Å²) in [4.78, 5) is 0. The second kappa shape index (κ2) is 8.53. The van der Waals surface area contributed by atoms with Crippen LogP contribution in [0.4, 0.5) is 0 Å². The lowest BCUT2D eigenvalue weighted by molar-refractivity contribution is -0.0942. The monoisotopic (exact) mass is 295 g/mol. The van der Waals surface area contributed by atoms with Gasteiger partial charge in [-0.2, -0.15) is 0 Å². The molecule has 2 heteroatoms. The van der Waals surface area contributed by atoms with Crippen LogP contribution in [0.2, 0.25) is 0 Å². The molecule has 0 aromatic heterocycles. The van der Waals surface area contributed by atoms with E-state index < -0.39 is 0 Å². The van der Waals surface area contributed by atoms with Crippen LogP contribution in [0.15, 0.2) is 0 Å². The normalized spacial score (nSPS) is 31.7. The zero-order chi connectivity index (χ0) is 15.1. The Balaban J connectivity index is 1.84. The Morgan fingerprint density at radius 1 is 1.05 bits per heavy atom. The van der Waals surface area contributed by atoms with Gasteiger partial charge in [-0.15, -0.1) is 0 Å². The fourth-order valence-corrected chi connectivity index (χ4v) is 4.21. The van der Waals surface area contributed by atoms with Crippen molar-refractivity contribution in [1.29, 1.82) is 0 Å². The van der Waals surface area contributed by atoms with Crippen LogP contribution in [0, 0.1) is 17.8 Å². The predicted molar refractivity (Wildman–Crippen MR) is 90.6 cm³/mol. The Kier molecular flexibility index (Phi) is 7.01. The highest BCUT2D eigenvalue weighted by molar-refractivity contribution is 4.90. The molecule has 21 heavy (non-hydrogen) atoms. The Morgan fingerprint density at radius 3 is 2.29 bits per heavy atom. The van der Waals surface area contributed by atoms with Crippen LogP contribution >= 0.6 is 0 Å². The first kappa shape index (κ1) is 17.3. The van der Waals surface area contributed by atoms with Gasteiger partial charge < -0.3 is 10.1 Å². The van der Waals surface area contributed by atoms with Crippen molar-refractivity contribution in [2.75, 3.05) is 19.7 Å². The first-order valence-corrected chi connectivity index (χ1v) is 9.50. The van der Waals surface area contributed by atoms with Gasteiger partial charge in [-0.05, 0) is 62.8 Å². The summed E-state index contributed by atoms with van der Waals surface area (Å²) in [7, 11) is 0. The first-order chi connectivity index (χ1) is 10.2. The Labute approximate surface area is 132 Å². The number of rotatable bonds is 7. The predicted octanol–water partition coefficient (Wildman–Crippen LogP) is 4.78. The average Bonchev–Trinajstić information content (AvgIpc) is 2.52. The molecule has 0 amide bonds. The third-order valence-corrected chi connectivity index (χ3v) is 5.93. The van der Waals surface area contributed by atoms with Crippen molar-refractivity contribution in [2.45, 2.75) is 84.2 Å². The molecule has 0 aliphatic heterocycles. The maximum absolute atomic E-state index is 6.58. The molecule has 124 valence electrons. The van der Waals surface area contributed by atoms with Gasteiger partial charge in [0.1, 0.15) is 0 Å². The number of likely N-dealkylation sites (N-methyl/N-ethyl adjacent to an activating group) is 1. The van der Waals surface area contributed by atoms with Gasteiger partial charge in [-0.25, -0.2) is 0 Å². The third-order valence-electron chi connectivity index (χ3n) is 5.93. The van der Waals surface area contributed by atoms with Crippen molar-refractivity contribution in [2.24, 2.45) is 17.8 Å². The van der Waals surface area contributed by atoms with E-state index in [0.29, 0.717) is 0 Å². The van der Waals surface area contributed by atoms with Gasteiger partial charge in [-0.3, -0.25) is 0 Å². The molecule has 0 saturated heterocycles. The van der Waals surface area contributed by atoms with Gasteiger partial charge in [-0.1, -0.05) is 40.0 Å². The molecule has 0 spiro atoms. The largest absolute Gasteiger partial charge is 0.373 e. The van der Waals surface area contributed by atoms with Gasteiger partial charge in [0.05, 0.1) is 12.2 Å². The Morgan fingerprint density at radius 2 is 1.71 bits per heavy atom. The molecular weight excluding hydrogens is 258 g/mol. The van der Waals surface area contributed by atoms with Gasteiger partial charge >= 0.3 is 0 Å². The molecule has 0 heterocycles. The summed E-state index contributed by atoms with van der Waals surface area (Å²) < 4.78 is 6.58. The molecule has 0 bridgehead atoms. The molecule has 0 aromatic rings. The van der Waals surface area contributed by atoms with Crippen LogP contribution in [0.5, 0.6) is 0 Å². The van der Waals surface area contributed by atoms with Crippen molar-refractivity contribution >= 4 is 0 Å². The molecule has 0 radical (unpaired) electrons. The van der Waals surface area contributed by atoms with Gasteiger partial charge in [0.15, 0.2) is 0 Å². The minimum atomic E-state index is 0.138. The fourth-order valence-electron chi connectivity index (χ4n) is 4.21. The number of ether oxygens (including phenoxy) is 1. The van der Waals surface area contributed by atoms with Crippen molar-refractivity contribution < 1.29 is 4.74 Å². The van der Waals surface area contributed by atoms with Crippen molar-refractivity contribution in [3.63, 3.8) is 0 Å². The first-order valence-electron chi connectivity index (χ1n) is 9.50. The van der Waals surface area contributed by atoms with Crippen molar-refractivity contribution in [1.82, 2.24) is 5.32 Å². The summed E-state index contributed by atoms with van der Waals surface area (Å²) in [6.07, 6.45) is 12.3. The van der Waals surface area contributed by atoms with E-state index in [0.717, 1.165) is 37.5 Å². The molecule has 2 saturated carbocycles. The molecule has 2 aliphatic rings. The van der Waals surface area contributed by atoms with E-state index >= 15 is 0 Å². The highest BCUT2D eigenvalue weighted by Crippen LogP contribution is 2.38. The fraction of sp³-hybridized carbons (Fsp3) is 1.00. The molecule has 0 aromatic carbocycles. The molecule has 0 unspecified atom stereocenters. The molecule has 2 fully saturated rings. The minimum Gasteiger partial charge on any atom is -0.373 e. The lowest BCUT2D eigenvalue weighted by Crippen LogP contribution is -2.47. The van der Waals surface area contributed by atoms with E-state index in [1.165, 1.54) is 57.8 Å². The average molecular weight is 296 g/mol. The Hall–Kier alpha value is -0.0800. The standard InChI is InChI=1S/C19H37NO/c1-4-20-15-19(12-10-18(11-13-19)16(2)3)21-14-17-8-6-5-7-9-17/h16-18,20H,4-15H2,1-3H3. The van der Waals surface area contributed by atoms with Gasteiger partial charge in [0, 0.05) is 6.54 Å². The second-order valence-corrected chi connectivity index (χ2v) is 7.86. The summed E-state index contributed by atoms with van der Waals surface area (Å²) in [5.41, 5.74) is 0.138. The summed E-state index contributed by atoms with van der Waals surface area (Å²) in [6.45, 7) is 10.1. The minimum absolute atomic E-state index is 0.138. The van der Waals surface area contributed by atoms with Crippen LogP contribution in [-0.2, 0) is 4.74 Å². The highest BCUT2D eigenvalue weighted by atomic mass is 16.5. The number of hydrogen-bond acceptors (Lipinski definition) is 2. The van der Waals surface area contributed by atoms with Crippen LogP contribution in [0.1, 0.15) is 78.6 Å². The summed E-state index contributed by atoms with van der Waals surface area (Å²) in [5, 5.41) is 3.57. The van der Waals surface area contributed by atoms with Crippen LogP contribution in [0.25, 0.3) is 0 Å². The molecule has 0 atom stereocenters. The zero-order valence-electron chi connectivity index (χ0n) is 14.6. The van der Waals surface area contributed by atoms with E-state index in [1.807, 2.05) is 0 Å². The summed E-state index contributed by atoms with van der Waals surface area (Å²) in [6, 6.07) is 0. The van der Waals surface area contributed by atoms with Crippen LogP contribution in [0.3, 0.4) is 0 Å². The van der Waals surface area contributed by atoms with E-state index in [-0.39, 0.29) is 5.60 Å². The zero-order valence-corrected chi connectivity index (χ0v) is 14.6. The van der Waals surface area contributed by atoms with Crippen molar-refractivity contribution in [3.05, 3.63) is 0 Å². The van der Waals surface area contributed by atoms with E-state index in [9.17, 15) is 0 Å². The molecule has 2 rings (SSSR count). The van der Waals surface area contributed by atoms with Crippen LogP contribution < -0.4 is 5.32 Å². The van der Waals surface area contributed by atoms with E-state index in [1.54, 1.807) is 0 Å². The maximum Gasteiger partial charge on any atom is 0.0806 e. The molecular formula is C19H37NO. The van der Waals surface area contributed by atoms with Crippen molar-refractivity contribution in [3.8, 4) is 0 Å². The number of hydrogen-bond donors (Lipinski definition) is 1. The quantitative estimate of drug-likeness (QED) is 0.730. The lowest BCUT2D eigenvalue weighted by atomic mass is 9.74. The second-order valence-electron chi connectivity index (χ2n) is 7.86.